The van der Waals surface area contributed by atoms with Crippen LogP contribution >= 0.6 is 0 Å². The van der Waals surface area contributed by atoms with Gasteiger partial charge in [-0.25, -0.2) is 0 Å². The van der Waals surface area contributed by atoms with Gasteiger partial charge in [-0.15, -0.1) is 0 Å². The Labute approximate surface area is 98.4 Å². The summed E-state index contributed by atoms with van der Waals surface area (Å²) in [6.07, 6.45) is 9.22. The summed E-state index contributed by atoms with van der Waals surface area (Å²) >= 11 is 0. The predicted octanol–water partition coefficient (Wildman–Crippen LogP) is 3.34. The van der Waals surface area contributed by atoms with E-state index in [0.29, 0.717) is 5.92 Å². The lowest BCUT2D eigenvalue weighted by atomic mass is 9.66. The highest BCUT2D eigenvalue weighted by atomic mass is 16.5. The molecule has 0 aromatic heterocycles. The molecule has 1 unspecified atom stereocenters. The largest absolute Gasteiger partial charge is 0.501 e. The normalized spacial score (nSPS) is 28.1. The Hall–Kier alpha value is -1.05. The number of carbonyl (C=O) groups excluding carboxylic acids is 1. The van der Waals surface area contributed by atoms with E-state index in [9.17, 15) is 4.79 Å². The van der Waals surface area contributed by atoms with Crippen LogP contribution in [-0.2, 0) is 9.53 Å². The van der Waals surface area contributed by atoms with Gasteiger partial charge in [0.2, 0.25) is 0 Å². The summed E-state index contributed by atoms with van der Waals surface area (Å²) in [6.45, 7) is 6.36. The number of hydrogen-bond acceptors (Lipinski definition) is 2. The van der Waals surface area contributed by atoms with Crippen LogP contribution in [0, 0.1) is 17.3 Å². The van der Waals surface area contributed by atoms with Crippen molar-refractivity contribution in [2.75, 3.05) is 7.11 Å². The van der Waals surface area contributed by atoms with Crippen molar-refractivity contribution < 1.29 is 9.53 Å². The SMILES string of the molecule is CC[C@H]([C@@H](C)C=O)C1(C)C=CC=C(OC)C1. The standard InChI is InChI=1S/C14H22O2/c1-5-13(11(2)10-15)14(3)8-6-7-12(9-14)16-4/h6-8,10-11,13H,5,9H2,1-4H3/t11-,13+,14?/m0/s1. The number of rotatable bonds is 5. The van der Waals surface area contributed by atoms with Crippen LogP contribution in [0.5, 0.6) is 0 Å². The minimum atomic E-state index is 0.0369. The van der Waals surface area contributed by atoms with Gasteiger partial charge < -0.3 is 9.53 Å². The monoisotopic (exact) mass is 222 g/mol. The molecule has 2 nitrogen and oxygen atoms in total. The first-order chi connectivity index (χ1) is 7.57. The molecule has 3 atom stereocenters. The molecule has 0 bridgehead atoms. The number of hydrogen-bond donors (Lipinski definition) is 0. The molecule has 2 heteroatoms. The summed E-state index contributed by atoms with van der Waals surface area (Å²) in [5, 5.41) is 0. The van der Waals surface area contributed by atoms with E-state index in [2.05, 4.69) is 19.9 Å². The second-order valence-electron chi connectivity index (χ2n) is 4.89. The minimum Gasteiger partial charge on any atom is -0.501 e. The van der Waals surface area contributed by atoms with Gasteiger partial charge in [-0.05, 0) is 17.4 Å². The third-order valence-corrected chi connectivity index (χ3v) is 3.71. The summed E-state index contributed by atoms with van der Waals surface area (Å²) in [5.74, 6) is 1.47. The molecule has 90 valence electrons. The quantitative estimate of drug-likeness (QED) is 0.667. The van der Waals surface area contributed by atoms with Crippen molar-refractivity contribution in [3.05, 3.63) is 24.0 Å². The average Bonchev–Trinajstić information content (AvgIpc) is 2.29. The molecule has 0 aromatic carbocycles. The molecule has 0 aromatic rings. The molecular formula is C14H22O2. The van der Waals surface area contributed by atoms with Crippen molar-refractivity contribution in [2.45, 2.75) is 33.6 Å². The third kappa shape index (κ3) is 2.55. The van der Waals surface area contributed by atoms with E-state index in [-0.39, 0.29) is 11.3 Å². The molecule has 0 N–H and O–H groups in total. The zero-order valence-electron chi connectivity index (χ0n) is 10.7. The third-order valence-electron chi connectivity index (χ3n) is 3.71. The molecule has 0 amide bonds. The molecule has 0 heterocycles. The average molecular weight is 222 g/mol. The summed E-state index contributed by atoms with van der Waals surface area (Å²) < 4.78 is 5.32. The summed E-state index contributed by atoms with van der Waals surface area (Å²) in [5.41, 5.74) is 0.0369. The topological polar surface area (TPSA) is 26.3 Å². The van der Waals surface area contributed by atoms with Crippen LogP contribution in [0.3, 0.4) is 0 Å². The van der Waals surface area contributed by atoms with Crippen LogP contribution < -0.4 is 0 Å². The van der Waals surface area contributed by atoms with Crippen LogP contribution in [0.25, 0.3) is 0 Å². The Kier molecular flexibility index (Phi) is 4.34. The van der Waals surface area contributed by atoms with Crippen molar-refractivity contribution in [3.63, 3.8) is 0 Å². The van der Waals surface area contributed by atoms with Crippen molar-refractivity contribution in [1.29, 1.82) is 0 Å². The maximum absolute atomic E-state index is 11.0. The molecular weight excluding hydrogens is 200 g/mol. The first-order valence-corrected chi connectivity index (χ1v) is 5.95. The second-order valence-corrected chi connectivity index (χ2v) is 4.89. The van der Waals surface area contributed by atoms with E-state index in [0.717, 1.165) is 24.9 Å². The lowest BCUT2D eigenvalue weighted by Crippen LogP contribution is -2.32. The highest BCUT2D eigenvalue weighted by Gasteiger charge is 2.36. The highest BCUT2D eigenvalue weighted by Crippen LogP contribution is 2.43. The lowest BCUT2D eigenvalue weighted by Gasteiger charge is -2.38. The van der Waals surface area contributed by atoms with Crippen molar-refractivity contribution >= 4 is 6.29 Å². The Bertz CT molecular complexity index is 304. The molecule has 0 aliphatic heterocycles. The Morgan fingerprint density at radius 2 is 2.31 bits per heavy atom. The predicted molar refractivity (Wildman–Crippen MR) is 66.0 cm³/mol. The molecule has 0 saturated heterocycles. The molecule has 16 heavy (non-hydrogen) atoms. The Balaban J connectivity index is 2.89. The first-order valence-electron chi connectivity index (χ1n) is 5.95. The lowest BCUT2D eigenvalue weighted by molar-refractivity contribution is -0.113. The van der Waals surface area contributed by atoms with Crippen LogP contribution in [0.2, 0.25) is 0 Å². The molecule has 1 aliphatic carbocycles. The van der Waals surface area contributed by atoms with Crippen molar-refractivity contribution in [1.82, 2.24) is 0 Å². The number of methoxy groups -OCH3 is 1. The Morgan fingerprint density at radius 3 is 2.81 bits per heavy atom. The van der Waals surface area contributed by atoms with Gasteiger partial charge >= 0.3 is 0 Å². The van der Waals surface area contributed by atoms with E-state index in [1.807, 2.05) is 19.1 Å². The zero-order valence-corrected chi connectivity index (χ0v) is 10.7. The van der Waals surface area contributed by atoms with Crippen LogP contribution in [0.15, 0.2) is 24.0 Å². The van der Waals surface area contributed by atoms with Crippen molar-refractivity contribution in [2.24, 2.45) is 17.3 Å². The summed E-state index contributed by atoms with van der Waals surface area (Å²) in [6, 6.07) is 0. The molecule has 0 saturated carbocycles. The maximum atomic E-state index is 11.0. The number of ether oxygens (including phenoxy) is 1. The minimum absolute atomic E-state index is 0.0369. The van der Waals surface area contributed by atoms with E-state index >= 15 is 0 Å². The van der Waals surface area contributed by atoms with Crippen LogP contribution in [0.4, 0.5) is 0 Å². The summed E-state index contributed by atoms with van der Waals surface area (Å²) in [4.78, 5) is 11.0. The molecule has 1 rings (SSSR count). The van der Waals surface area contributed by atoms with Gasteiger partial charge in [0.25, 0.3) is 0 Å². The first kappa shape index (κ1) is 13.0. The van der Waals surface area contributed by atoms with Crippen LogP contribution in [0.1, 0.15) is 33.6 Å². The fourth-order valence-corrected chi connectivity index (χ4v) is 2.80. The second kappa shape index (κ2) is 5.33. The van der Waals surface area contributed by atoms with E-state index in [1.54, 1.807) is 7.11 Å². The van der Waals surface area contributed by atoms with Crippen LogP contribution in [-0.4, -0.2) is 13.4 Å². The van der Waals surface area contributed by atoms with Gasteiger partial charge in [-0.3, -0.25) is 0 Å². The highest BCUT2D eigenvalue weighted by molar-refractivity contribution is 5.53. The molecule has 0 radical (unpaired) electrons. The van der Waals surface area contributed by atoms with Gasteiger partial charge in [0.05, 0.1) is 12.9 Å². The van der Waals surface area contributed by atoms with Gasteiger partial charge in [0.15, 0.2) is 0 Å². The smallest absolute Gasteiger partial charge is 0.123 e. The summed E-state index contributed by atoms with van der Waals surface area (Å²) in [7, 11) is 1.70. The fraction of sp³-hybridized carbons (Fsp3) is 0.643. The number of carbonyl (C=O) groups is 1. The van der Waals surface area contributed by atoms with E-state index in [4.69, 9.17) is 4.74 Å². The fourth-order valence-electron chi connectivity index (χ4n) is 2.80. The molecule has 1 aliphatic rings. The van der Waals surface area contributed by atoms with E-state index < -0.39 is 0 Å². The van der Waals surface area contributed by atoms with Gasteiger partial charge in [-0.2, -0.15) is 0 Å². The van der Waals surface area contributed by atoms with Gasteiger partial charge in [0, 0.05) is 12.3 Å². The number of aldehydes is 1. The van der Waals surface area contributed by atoms with E-state index in [1.165, 1.54) is 0 Å². The van der Waals surface area contributed by atoms with Gasteiger partial charge in [0.1, 0.15) is 6.29 Å². The maximum Gasteiger partial charge on any atom is 0.123 e. The molecule has 0 spiro atoms. The number of allylic oxidation sites excluding steroid dienone is 4. The Morgan fingerprint density at radius 1 is 1.62 bits per heavy atom. The zero-order chi connectivity index (χ0) is 12.2. The van der Waals surface area contributed by atoms with Gasteiger partial charge in [-0.1, -0.05) is 39.3 Å². The van der Waals surface area contributed by atoms with Crippen molar-refractivity contribution in [3.8, 4) is 0 Å². The molecule has 0 fully saturated rings.